The van der Waals surface area contributed by atoms with Crippen LogP contribution >= 0.6 is 0 Å². The summed E-state index contributed by atoms with van der Waals surface area (Å²) >= 11 is 0. The van der Waals surface area contributed by atoms with Gasteiger partial charge in [0.15, 0.2) is 0 Å². The third kappa shape index (κ3) is 2.58. The minimum atomic E-state index is 1.01. The fourth-order valence-corrected chi connectivity index (χ4v) is 1.74. The van der Waals surface area contributed by atoms with Gasteiger partial charge >= 0.3 is 0 Å². The molecule has 0 heterocycles. The summed E-state index contributed by atoms with van der Waals surface area (Å²) in [6.07, 6.45) is 6.38. The third-order valence-corrected chi connectivity index (χ3v) is 2.56. The van der Waals surface area contributed by atoms with Gasteiger partial charge in [0, 0.05) is 0 Å². The summed E-state index contributed by atoms with van der Waals surface area (Å²) in [4.78, 5) is 4.34. The molecule has 0 bridgehead atoms. The van der Waals surface area contributed by atoms with Crippen molar-refractivity contribution < 1.29 is 0 Å². The van der Waals surface area contributed by atoms with E-state index in [2.05, 4.69) is 10.9 Å². The van der Waals surface area contributed by atoms with Gasteiger partial charge in [-0.2, -0.15) is 0 Å². The fraction of sp³-hybridized carbons (Fsp3) is 0.385. The van der Waals surface area contributed by atoms with Crippen LogP contribution in [0.3, 0.4) is 0 Å². The van der Waals surface area contributed by atoms with E-state index in [1.54, 1.807) is 0 Å². The highest BCUT2D eigenvalue weighted by atomic mass is 14.7. The van der Waals surface area contributed by atoms with E-state index >= 15 is 0 Å². The molecule has 0 spiro atoms. The number of hydrogen-bond donors (Lipinski definition) is 0. The molecule has 14 heavy (non-hydrogen) atoms. The van der Waals surface area contributed by atoms with E-state index in [9.17, 15) is 0 Å². The van der Waals surface area contributed by atoms with Crippen molar-refractivity contribution in [2.75, 3.05) is 0 Å². The van der Waals surface area contributed by atoms with E-state index in [0.29, 0.717) is 0 Å². The number of hydrogen-bond acceptors (Lipinski definition) is 1. The maximum absolute atomic E-state index is 4.34. The minimum Gasteiger partial charge on any atom is -0.206 e. The predicted octanol–water partition coefficient (Wildman–Crippen LogP) is 3.88. The monoisotopic (exact) mass is 185 g/mol. The lowest BCUT2D eigenvalue weighted by Crippen LogP contribution is -1.93. The molecule has 1 saturated carbocycles. The molecule has 0 N–H and O–H groups in total. The molecule has 1 aliphatic rings. The summed E-state index contributed by atoms with van der Waals surface area (Å²) in [5.41, 5.74) is 2.39. The van der Waals surface area contributed by atoms with Gasteiger partial charge in [-0.3, -0.25) is 0 Å². The molecule has 2 rings (SSSR count). The van der Waals surface area contributed by atoms with Crippen LogP contribution in [-0.4, -0.2) is 5.87 Å². The molecule has 0 radical (unpaired) electrons. The first-order valence-corrected chi connectivity index (χ1v) is 5.32. The molecule has 1 fully saturated rings. The van der Waals surface area contributed by atoms with E-state index in [0.717, 1.165) is 5.69 Å². The van der Waals surface area contributed by atoms with E-state index in [1.807, 2.05) is 30.3 Å². The normalized spacial score (nSPS) is 16.1. The number of nitrogens with zero attached hydrogens (tertiary/aromatic N) is 1. The first-order valence-electron chi connectivity index (χ1n) is 5.32. The van der Waals surface area contributed by atoms with Gasteiger partial charge in [-0.15, -0.1) is 0 Å². The molecular weight excluding hydrogens is 170 g/mol. The fourth-order valence-electron chi connectivity index (χ4n) is 1.74. The van der Waals surface area contributed by atoms with Gasteiger partial charge in [-0.05, 0) is 49.3 Å². The van der Waals surface area contributed by atoms with E-state index in [-0.39, 0.29) is 0 Å². The van der Waals surface area contributed by atoms with Crippen molar-refractivity contribution in [3.63, 3.8) is 0 Å². The van der Waals surface area contributed by atoms with Gasteiger partial charge in [-0.1, -0.05) is 24.6 Å². The van der Waals surface area contributed by atoms with Gasteiger partial charge < -0.3 is 0 Å². The Morgan fingerprint density at radius 3 is 2.36 bits per heavy atom. The molecule has 72 valence electrons. The van der Waals surface area contributed by atoms with Crippen LogP contribution in [0, 0.1) is 0 Å². The quantitative estimate of drug-likeness (QED) is 0.589. The van der Waals surface area contributed by atoms with Gasteiger partial charge in [0.05, 0.1) is 5.69 Å². The second kappa shape index (κ2) is 4.78. The van der Waals surface area contributed by atoms with Crippen molar-refractivity contribution in [2.45, 2.75) is 32.1 Å². The Kier molecular flexibility index (Phi) is 3.15. The number of allylic oxidation sites excluding steroid dienone is 1. The van der Waals surface area contributed by atoms with Crippen molar-refractivity contribution in [1.82, 2.24) is 0 Å². The van der Waals surface area contributed by atoms with E-state index in [1.165, 1.54) is 37.7 Å². The van der Waals surface area contributed by atoms with E-state index in [4.69, 9.17) is 0 Å². The van der Waals surface area contributed by atoms with Crippen LogP contribution in [0.4, 0.5) is 5.69 Å². The van der Waals surface area contributed by atoms with Crippen LogP contribution in [0.1, 0.15) is 32.1 Å². The van der Waals surface area contributed by atoms with Crippen molar-refractivity contribution >= 4 is 11.6 Å². The summed E-state index contributed by atoms with van der Waals surface area (Å²) in [5.74, 6) is 3.18. The molecule has 0 aromatic heterocycles. The lowest BCUT2D eigenvalue weighted by atomic mass is 9.96. The second-order valence-electron chi connectivity index (χ2n) is 3.72. The molecule has 0 saturated heterocycles. The molecular formula is C13H15N. The molecule has 1 nitrogen and oxygen atoms in total. The Labute approximate surface area is 85.2 Å². The number of para-hydroxylation sites is 1. The average Bonchev–Trinajstić information content (AvgIpc) is 2.29. The molecule has 0 amide bonds. The van der Waals surface area contributed by atoms with Crippen molar-refractivity contribution in [3.8, 4) is 0 Å². The van der Waals surface area contributed by atoms with Crippen molar-refractivity contribution in [1.29, 1.82) is 0 Å². The van der Waals surface area contributed by atoms with Crippen LogP contribution in [0.25, 0.3) is 0 Å². The number of rotatable bonds is 1. The highest BCUT2D eigenvalue weighted by molar-refractivity contribution is 5.63. The molecule has 1 aromatic carbocycles. The van der Waals surface area contributed by atoms with Gasteiger partial charge in [-0.25, -0.2) is 4.99 Å². The summed E-state index contributed by atoms with van der Waals surface area (Å²) in [6, 6.07) is 10.0. The first-order chi connectivity index (χ1) is 6.95. The maximum atomic E-state index is 4.34. The lowest BCUT2D eigenvalue weighted by molar-refractivity contribution is 0.605. The Hall–Kier alpha value is -1.33. The smallest absolute Gasteiger partial charge is 0.0729 e. The predicted molar refractivity (Wildman–Crippen MR) is 60.1 cm³/mol. The van der Waals surface area contributed by atoms with Crippen molar-refractivity contribution in [2.24, 2.45) is 4.99 Å². The van der Waals surface area contributed by atoms with Gasteiger partial charge in [0.2, 0.25) is 0 Å². The number of benzene rings is 1. The molecule has 1 heteroatoms. The Bertz CT molecular complexity index is 337. The summed E-state index contributed by atoms with van der Waals surface area (Å²) in [5, 5.41) is 0. The maximum Gasteiger partial charge on any atom is 0.0729 e. The third-order valence-electron chi connectivity index (χ3n) is 2.56. The standard InChI is InChI=1S/C13H15N/c1-3-7-12(8-4-1)11-14-13-9-5-2-6-10-13/h2,5-6,9-10H,1,3-4,7-8H2. The summed E-state index contributed by atoms with van der Waals surface area (Å²) < 4.78 is 0. The molecule has 1 aliphatic carbocycles. The second-order valence-corrected chi connectivity index (χ2v) is 3.72. The Morgan fingerprint density at radius 1 is 0.929 bits per heavy atom. The van der Waals surface area contributed by atoms with Gasteiger partial charge in [0.1, 0.15) is 0 Å². The largest absolute Gasteiger partial charge is 0.206 e. The van der Waals surface area contributed by atoms with Crippen LogP contribution in [0.2, 0.25) is 0 Å². The zero-order valence-electron chi connectivity index (χ0n) is 8.37. The molecule has 0 unspecified atom stereocenters. The van der Waals surface area contributed by atoms with Crippen molar-refractivity contribution in [3.05, 3.63) is 35.9 Å². The lowest BCUT2D eigenvalue weighted by Gasteiger charge is -2.09. The molecule has 1 aromatic rings. The average molecular weight is 185 g/mol. The highest BCUT2D eigenvalue weighted by Gasteiger charge is 2.03. The Balaban J connectivity index is 2.11. The minimum absolute atomic E-state index is 1.01. The topological polar surface area (TPSA) is 12.4 Å². The van der Waals surface area contributed by atoms with Crippen LogP contribution < -0.4 is 0 Å². The Morgan fingerprint density at radius 2 is 1.64 bits per heavy atom. The molecule has 0 atom stereocenters. The summed E-state index contributed by atoms with van der Waals surface area (Å²) in [7, 11) is 0. The zero-order chi connectivity index (χ0) is 9.64. The molecule has 0 aliphatic heterocycles. The van der Waals surface area contributed by atoms with Crippen LogP contribution in [0.15, 0.2) is 40.9 Å². The van der Waals surface area contributed by atoms with E-state index < -0.39 is 0 Å². The van der Waals surface area contributed by atoms with Crippen LogP contribution in [-0.2, 0) is 0 Å². The highest BCUT2D eigenvalue weighted by Crippen LogP contribution is 2.20. The SMILES string of the molecule is C(=Nc1ccccc1)=C1CCCCC1. The van der Waals surface area contributed by atoms with Crippen LogP contribution in [0.5, 0.6) is 0 Å². The zero-order valence-corrected chi connectivity index (χ0v) is 8.37. The summed E-state index contributed by atoms with van der Waals surface area (Å²) in [6.45, 7) is 0. The first kappa shape index (κ1) is 9.23. The van der Waals surface area contributed by atoms with Gasteiger partial charge in [0.25, 0.3) is 0 Å². The number of aliphatic imine (C=N–C) groups is 1.